The standard InChI is InChI=1S/C20H32N6O.HI/c1-4-27-15-9-14-22-20(23-16-19-25-24-17(2)26(19)3)21-13-8-12-18-10-6-5-7-11-18;/h5-7,10-11H,4,8-9,12-16H2,1-3H3,(H2,21,22,23);1H. The topological polar surface area (TPSA) is 76.4 Å². The molecule has 1 aromatic heterocycles. The van der Waals surface area contributed by atoms with E-state index >= 15 is 0 Å². The van der Waals surface area contributed by atoms with Gasteiger partial charge in [-0.3, -0.25) is 0 Å². The normalized spacial score (nSPS) is 11.2. The molecule has 0 aliphatic rings. The fraction of sp³-hybridized carbons (Fsp3) is 0.550. The average molecular weight is 500 g/mol. The number of nitrogens with one attached hydrogen (secondary N) is 2. The van der Waals surface area contributed by atoms with Crippen molar-refractivity contribution >= 4 is 29.9 Å². The predicted molar refractivity (Wildman–Crippen MR) is 124 cm³/mol. The summed E-state index contributed by atoms with van der Waals surface area (Å²) in [6, 6.07) is 10.5. The average Bonchev–Trinajstić information content (AvgIpc) is 3.01. The molecule has 2 rings (SSSR count). The van der Waals surface area contributed by atoms with Crippen LogP contribution in [0.2, 0.25) is 0 Å². The molecule has 156 valence electrons. The second kappa shape index (κ2) is 14.3. The highest BCUT2D eigenvalue weighted by atomic mass is 127. The van der Waals surface area contributed by atoms with Gasteiger partial charge in [0.1, 0.15) is 12.4 Å². The maximum absolute atomic E-state index is 5.39. The molecule has 28 heavy (non-hydrogen) atoms. The van der Waals surface area contributed by atoms with E-state index in [4.69, 9.17) is 4.74 Å². The first-order chi connectivity index (χ1) is 13.2. The first kappa shape index (κ1) is 24.4. The van der Waals surface area contributed by atoms with Crippen LogP contribution >= 0.6 is 24.0 Å². The summed E-state index contributed by atoms with van der Waals surface area (Å²) in [6.07, 6.45) is 3.04. The molecule has 1 heterocycles. The van der Waals surface area contributed by atoms with Crippen LogP contribution in [0.25, 0.3) is 0 Å². The lowest BCUT2D eigenvalue weighted by atomic mass is 10.1. The summed E-state index contributed by atoms with van der Waals surface area (Å²) in [7, 11) is 1.96. The second-order valence-corrected chi connectivity index (χ2v) is 6.38. The van der Waals surface area contributed by atoms with Crippen LogP contribution in [0, 0.1) is 6.92 Å². The van der Waals surface area contributed by atoms with Gasteiger partial charge in [-0.05, 0) is 38.7 Å². The number of aryl methyl sites for hydroxylation is 2. The molecule has 8 heteroatoms. The predicted octanol–water partition coefficient (Wildman–Crippen LogP) is 2.84. The quantitative estimate of drug-likeness (QED) is 0.215. The molecule has 0 unspecified atom stereocenters. The summed E-state index contributed by atoms with van der Waals surface area (Å²) in [5.41, 5.74) is 1.36. The van der Waals surface area contributed by atoms with Crippen molar-refractivity contribution in [3.8, 4) is 0 Å². The lowest BCUT2D eigenvalue weighted by Crippen LogP contribution is -2.39. The highest BCUT2D eigenvalue weighted by Crippen LogP contribution is 2.02. The Bertz CT molecular complexity index is 689. The van der Waals surface area contributed by atoms with Gasteiger partial charge in [-0.1, -0.05) is 30.3 Å². The van der Waals surface area contributed by atoms with Gasteiger partial charge in [0.2, 0.25) is 0 Å². The number of guanidine groups is 1. The summed E-state index contributed by atoms with van der Waals surface area (Å²) >= 11 is 0. The maximum Gasteiger partial charge on any atom is 0.191 e. The van der Waals surface area contributed by atoms with Crippen LogP contribution in [0.4, 0.5) is 0 Å². The van der Waals surface area contributed by atoms with Crippen LogP contribution in [-0.4, -0.2) is 47.0 Å². The lowest BCUT2D eigenvalue weighted by molar-refractivity contribution is 0.145. The number of aliphatic imine (C=N–C) groups is 1. The van der Waals surface area contributed by atoms with Crippen LogP contribution < -0.4 is 10.6 Å². The zero-order chi connectivity index (χ0) is 19.3. The molecule has 0 amide bonds. The van der Waals surface area contributed by atoms with Gasteiger partial charge in [-0.25, -0.2) is 4.99 Å². The number of aromatic nitrogens is 3. The molecule has 0 aliphatic carbocycles. The van der Waals surface area contributed by atoms with Crippen molar-refractivity contribution in [1.82, 2.24) is 25.4 Å². The van der Waals surface area contributed by atoms with Crippen molar-refractivity contribution in [2.75, 3.05) is 26.3 Å². The number of hydrogen-bond acceptors (Lipinski definition) is 4. The Hall–Kier alpha value is -1.68. The van der Waals surface area contributed by atoms with Crippen molar-refractivity contribution in [3.63, 3.8) is 0 Å². The van der Waals surface area contributed by atoms with E-state index in [0.29, 0.717) is 6.54 Å². The molecule has 7 nitrogen and oxygen atoms in total. The minimum Gasteiger partial charge on any atom is -0.382 e. The van der Waals surface area contributed by atoms with Gasteiger partial charge in [0.15, 0.2) is 11.8 Å². The first-order valence-electron chi connectivity index (χ1n) is 9.69. The van der Waals surface area contributed by atoms with Crippen molar-refractivity contribution in [2.45, 2.75) is 39.7 Å². The summed E-state index contributed by atoms with van der Waals surface area (Å²) in [6.45, 7) is 7.65. The Morgan fingerprint density at radius 1 is 1.11 bits per heavy atom. The SMILES string of the molecule is CCOCCCNC(=NCc1nnc(C)n1C)NCCCc1ccccc1.I. The summed E-state index contributed by atoms with van der Waals surface area (Å²) in [5.74, 6) is 2.55. The van der Waals surface area contributed by atoms with Crippen molar-refractivity contribution in [3.05, 3.63) is 47.5 Å². The van der Waals surface area contributed by atoms with Gasteiger partial charge < -0.3 is 19.9 Å². The number of hydrogen-bond donors (Lipinski definition) is 2. The Balaban J connectivity index is 0.00000392. The third-order valence-electron chi connectivity index (χ3n) is 4.30. The van der Waals surface area contributed by atoms with E-state index < -0.39 is 0 Å². The highest BCUT2D eigenvalue weighted by molar-refractivity contribution is 14.0. The molecule has 1 aromatic carbocycles. The number of benzene rings is 1. The molecule has 0 aliphatic heterocycles. The van der Waals surface area contributed by atoms with Crippen molar-refractivity contribution in [2.24, 2.45) is 12.0 Å². The van der Waals surface area contributed by atoms with E-state index in [2.05, 4.69) is 50.1 Å². The zero-order valence-electron chi connectivity index (χ0n) is 17.1. The molecule has 0 atom stereocenters. The van der Waals surface area contributed by atoms with E-state index in [1.807, 2.05) is 31.5 Å². The molecule has 0 saturated heterocycles. The molecule has 2 N–H and O–H groups in total. The molecule has 0 radical (unpaired) electrons. The number of ether oxygens (including phenoxy) is 1. The molecule has 0 saturated carbocycles. The number of rotatable bonds is 11. The second-order valence-electron chi connectivity index (χ2n) is 6.38. The summed E-state index contributed by atoms with van der Waals surface area (Å²) in [5, 5.41) is 15.1. The van der Waals surface area contributed by atoms with Crippen LogP contribution in [0.3, 0.4) is 0 Å². The van der Waals surface area contributed by atoms with E-state index in [-0.39, 0.29) is 24.0 Å². The van der Waals surface area contributed by atoms with Gasteiger partial charge in [-0.15, -0.1) is 34.2 Å². The Kier molecular flexibility index (Phi) is 12.5. The van der Waals surface area contributed by atoms with Crippen LogP contribution in [0.5, 0.6) is 0 Å². The lowest BCUT2D eigenvalue weighted by Gasteiger charge is -2.13. The molecule has 0 bridgehead atoms. The third-order valence-corrected chi connectivity index (χ3v) is 4.30. The smallest absolute Gasteiger partial charge is 0.191 e. The molecule has 0 spiro atoms. The van der Waals surface area contributed by atoms with E-state index in [0.717, 1.165) is 63.2 Å². The zero-order valence-corrected chi connectivity index (χ0v) is 19.5. The van der Waals surface area contributed by atoms with Crippen LogP contribution in [0.15, 0.2) is 35.3 Å². The number of nitrogens with zero attached hydrogens (tertiary/aromatic N) is 4. The molecular weight excluding hydrogens is 467 g/mol. The molecular formula is C20H33IN6O. The van der Waals surface area contributed by atoms with Gasteiger partial charge in [0, 0.05) is 33.4 Å². The Labute approximate surface area is 185 Å². The summed E-state index contributed by atoms with van der Waals surface area (Å²) < 4.78 is 7.35. The van der Waals surface area contributed by atoms with Crippen molar-refractivity contribution < 1.29 is 4.74 Å². The summed E-state index contributed by atoms with van der Waals surface area (Å²) in [4.78, 5) is 4.66. The van der Waals surface area contributed by atoms with Gasteiger partial charge in [-0.2, -0.15) is 0 Å². The third kappa shape index (κ3) is 9.01. The first-order valence-corrected chi connectivity index (χ1v) is 9.69. The Morgan fingerprint density at radius 3 is 2.46 bits per heavy atom. The van der Waals surface area contributed by atoms with Gasteiger partial charge in [0.25, 0.3) is 0 Å². The largest absolute Gasteiger partial charge is 0.382 e. The monoisotopic (exact) mass is 500 g/mol. The van der Waals surface area contributed by atoms with Crippen molar-refractivity contribution in [1.29, 1.82) is 0 Å². The van der Waals surface area contributed by atoms with Gasteiger partial charge >= 0.3 is 0 Å². The fourth-order valence-electron chi connectivity index (χ4n) is 2.58. The maximum atomic E-state index is 5.39. The van der Waals surface area contributed by atoms with E-state index in [1.165, 1.54) is 5.56 Å². The highest BCUT2D eigenvalue weighted by Gasteiger charge is 2.05. The minimum atomic E-state index is 0. The molecule has 2 aromatic rings. The number of halogens is 1. The van der Waals surface area contributed by atoms with Crippen LogP contribution in [0.1, 0.15) is 37.0 Å². The van der Waals surface area contributed by atoms with E-state index in [9.17, 15) is 0 Å². The van der Waals surface area contributed by atoms with Crippen LogP contribution in [-0.2, 0) is 24.8 Å². The van der Waals surface area contributed by atoms with E-state index in [1.54, 1.807) is 0 Å². The fourth-order valence-corrected chi connectivity index (χ4v) is 2.58. The Morgan fingerprint density at radius 2 is 1.82 bits per heavy atom. The molecule has 0 fully saturated rings. The van der Waals surface area contributed by atoms with Gasteiger partial charge in [0.05, 0.1) is 0 Å². The minimum absolute atomic E-state index is 0.